The van der Waals surface area contributed by atoms with Crippen LogP contribution in [0.3, 0.4) is 0 Å². The van der Waals surface area contributed by atoms with Gasteiger partial charge in [-0.3, -0.25) is 4.68 Å². The lowest BCUT2D eigenvalue weighted by Crippen LogP contribution is -2.36. The summed E-state index contributed by atoms with van der Waals surface area (Å²) >= 11 is 0. The number of hydrogen-bond acceptors (Lipinski definition) is 3. The van der Waals surface area contributed by atoms with E-state index < -0.39 is 11.5 Å². The molecule has 1 N–H and O–H groups in total. The van der Waals surface area contributed by atoms with Gasteiger partial charge in [-0.25, -0.2) is 0 Å². The van der Waals surface area contributed by atoms with Gasteiger partial charge in [0.05, 0.1) is 17.2 Å². The van der Waals surface area contributed by atoms with E-state index in [-0.39, 0.29) is 5.41 Å². The van der Waals surface area contributed by atoms with Crippen molar-refractivity contribution in [2.75, 3.05) is 0 Å². The van der Waals surface area contributed by atoms with E-state index in [1.54, 1.807) is 6.20 Å². The fourth-order valence-electron chi connectivity index (χ4n) is 3.08. The first kappa shape index (κ1) is 15.1. The topological polar surface area (TPSA) is 61.8 Å². The first-order chi connectivity index (χ1) is 9.44. The zero-order chi connectivity index (χ0) is 14.8. The maximum absolute atomic E-state index is 10.8. The molecule has 1 heterocycles. The number of aliphatic hydroxyl groups is 1. The number of hydrogen-bond donors (Lipinski definition) is 1. The number of nitrogens with zero attached hydrogens (tertiary/aromatic N) is 3. The molecule has 0 amide bonds. The molecule has 2 rings (SSSR count). The Morgan fingerprint density at radius 1 is 1.40 bits per heavy atom. The summed E-state index contributed by atoms with van der Waals surface area (Å²) in [4.78, 5) is 0. The van der Waals surface area contributed by atoms with Gasteiger partial charge in [0.15, 0.2) is 0 Å². The SMILES string of the molecule is CCCn1nccc1C(O)C1(C#N)CCC(C)(C)CC1. The maximum atomic E-state index is 10.8. The van der Waals surface area contributed by atoms with E-state index in [9.17, 15) is 10.4 Å². The maximum Gasteiger partial charge on any atom is 0.114 e. The molecule has 1 fully saturated rings. The molecule has 0 bridgehead atoms. The molecular formula is C16H25N3O. The van der Waals surface area contributed by atoms with E-state index >= 15 is 0 Å². The Hall–Kier alpha value is -1.34. The van der Waals surface area contributed by atoms with Crippen LogP contribution >= 0.6 is 0 Å². The normalized spacial score (nSPS) is 22.1. The van der Waals surface area contributed by atoms with Crippen molar-refractivity contribution in [2.45, 2.75) is 65.5 Å². The van der Waals surface area contributed by atoms with Crippen LogP contribution in [0, 0.1) is 22.2 Å². The van der Waals surface area contributed by atoms with Crippen molar-refractivity contribution in [1.29, 1.82) is 5.26 Å². The van der Waals surface area contributed by atoms with Gasteiger partial charge in [-0.1, -0.05) is 20.8 Å². The number of aromatic nitrogens is 2. The summed E-state index contributed by atoms with van der Waals surface area (Å²) in [5.74, 6) is 0. The number of rotatable bonds is 4. The largest absolute Gasteiger partial charge is 0.385 e. The highest BCUT2D eigenvalue weighted by Crippen LogP contribution is 2.50. The average Bonchev–Trinajstić information content (AvgIpc) is 2.87. The second kappa shape index (κ2) is 5.57. The van der Waals surface area contributed by atoms with Crippen LogP contribution in [0.15, 0.2) is 12.3 Å². The third-order valence-corrected chi connectivity index (χ3v) is 4.71. The first-order valence-corrected chi connectivity index (χ1v) is 7.55. The Morgan fingerprint density at radius 3 is 2.60 bits per heavy atom. The lowest BCUT2D eigenvalue weighted by atomic mass is 9.63. The van der Waals surface area contributed by atoms with E-state index in [1.807, 2.05) is 10.7 Å². The molecular weight excluding hydrogens is 250 g/mol. The van der Waals surface area contributed by atoms with Gasteiger partial charge in [-0.15, -0.1) is 0 Å². The minimum atomic E-state index is -0.738. The number of aliphatic hydroxyl groups excluding tert-OH is 1. The minimum Gasteiger partial charge on any atom is -0.385 e. The predicted molar refractivity (Wildman–Crippen MR) is 77.8 cm³/mol. The van der Waals surface area contributed by atoms with Gasteiger partial charge in [-0.05, 0) is 43.6 Å². The molecule has 4 nitrogen and oxygen atoms in total. The molecule has 1 aromatic heterocycles. The van der Waals surface area contributed by atoms with E-state index in [1.165, 1.54) is 0 Å². The Bertz CT molecular complexity index is 488. The first-order valence-electron chi connectivity index (χ1n) is 7.55. The van der Waals surface area contributed by atoms with Crippen LogP contribution < -0.4 is 0 Å². The molecule has 110 valence electrons. The molecule has 1 saturated carbocycles. The van der Waals surface area contributed by atoms with Gasteiger partial charge in [0.2, 0.25) is 0 Å². The molecule has 1 aliphatic carbocycles. The van der Waals surface area contributed by atoms with E-state index in [4.69, 9.17) is 0 Å². The van der Waals surface area contributed by atoms with Gasteiger partial charge in [0, 0.05) is 12.7 Å². The van der Waals surface area contributed by atoms with Crippen LogP contribution in [-0.2, 0) is 6.54 Å². The summed E-state index contributed by atoms with van der Waals surface area (Å²) in [6, 6.07) is 4.27. The lowest BCUT2D eigenvalue weighted by molar-refractivity contribution is 0.00419. The zero-order valence-electron chi connectivity index (χ0n) is 12.8. The van der Waals surface area contributed by atoms with Crippen molar-refractivity contribution < 1.29 is 5.11 Å². The molecule has 1 aliphatic rings. The highest BCUT2D eigenvalue weighted by atomic mass is 16.3. The Kier molecular flexibility index (Phi) is 4.19. The summed E-state index contributed by atoms with van der Waals surface area (Å²) in [5, 5.41) is 24.7. The summed E-state index contributed by atoms with van der Waals surface area (Å²) in [6.45, 7) is 7.34. The number of aryl methyl sites for hydroxylation is 1. The Balaban J connectivity index is 2.24. The Morgan fingerprint density at radius 2 is 2.05 bits per heavy atom. The second-order valence-corrected chi connectivity index (χ2v) is 6.81. The van der Waals surface area contributed by atoms with Gasteiger partial charge in [0.1, 0.15) is 6.10 Å². The molecule has 1 aromatic rings. The zero-order valence-corrected chi connectivity index (χ0v) is 12.8. The van der Waals surface area contributed by atoms with Gasteiger partial charge < -0.3 is 5.11 Å². The van der Waals surface area contributed by atoms with Crippen molar-refractivity contribution in [1.82, 2.24) is 9.78 Å². The quantitative estimate of drug-likeness (QED) is 0.915. The van der Waals surface area contributed by atoms with Crippen LogP contribution in [0.25, 0.3) is 0 Å². The monoisotopic (exact) mass is 275 g/mol. The summed E-state index contributed by atoms with van der Waals surface area (Å²) in [7, 11) is 0. The summed E-state index contributed by atoms with van der Waals surface area (Å²) < 4.78 is 1.84. The van der Waals surface area contributed by atoms with Crippen LogP contribution in [-0.4, -0.2) is 14.9 Å². The fourth-order valence-corrected chi connectivity index (χ4v) is 3.08. The summed E-state index contributed by atoms with van der Waals surface area (Å²) in [5.41, 5.74) is 0.415. The number of nitriles is 1. The molecule has 0 aromatic carbocycles. The molecule has 4 heteroatoms. The highest BCUT2D eigenvalue weighted by molar-refractivity contribution is 5.17. The molecule has 1 atom stereocenters. The van der Waals surface area contributed by atoms with Crippen molar-refractivity contribution in [3.8, 4) is 6.07 Å². The fraction of sp³-hybridized carbons (Fsp3) is 0.750. The van der Waals surface area contributed by atoms with Crippen LogP contribution in [0.2, 0.25) is 0 Å². The molecule has 1 unspecified atom stereocenters. The van der Waals surface area contributed by atoms with Crippen molar-refractivity contribution >= 4 is 0 Å². The Labute approximate surface area is 121 Å². The van der Waals surface area contributed by atoms with Crippen LogP contribution in [0.4, 0.5) is 0 Å². The van der Waals surface area contributed by atoms with Crippen LogP contribution in [0.5, 0.6) is 0 Å². The van der Waals surface area contributed by atoms with Crippen molar-refractivity contribution in [3.63, 3.8) is 0 Å². The molecule has 20 heavy (non-hydrogen) atoms. The predicted octanol–water partition coefficient (Wildman–Crippen LogP) is 3.44. The van der Waals surface area contributed by atoms with Gasteiger partial charge >= 0.3 is 0 Å². The smallest absolute Gasteiger partial charge is 0.114 e. The van der Waals surface area contributed by atoms with E-state index in [0.29, 0.717) is 0 Å². The molecule has 0 radical (unpaired) electrons. The second-order valence-electron chi connectivity index (χ2n) is 6.81. The molecule has 0 saturated heterocycles. The molecule has 0 spiro atoms. The highest BCUT2D eigenvalue weighted by Gasteiger charge is 2.45. The minimum absolute atomic E-state index is 0.281. The van der Waals surface area contributed by atoms with Crippen LogP contribution in [0.1, 0.15) is 64.7 Å². The van der Waals surface area contributed by atoms with Gasteiger partial charge in [-0.2, -0.15) is 10.4 Å². The lowest BCUT2D eigenvalue weighted by Gasteiger charge is -2.41. The standard InChI is InChI=1S/C16H25N3O/c1-4-11-19-13(5-10-18-19)14(20)16(12-17)8-6-15(2,3)7-9-16/h5,10,14,20H,4,6-9,11H2,1-3H3. The van der Waals surface area contributed by atoms with Crippen molar-refractivity contribution in [2.24, 2.45) is 10.8 Å². The third kappa shape index (κ3) is 2.73. The average molecular weight is 275 g/mol. The van der Waals surface area contributed by atoms with Crippen molar-refractivity contribution in [3.05, 3.63) is 18.0 Å². The van der Waals surface area contributed by atoms with Gasteiger partial charge in [0.25, 0.3) is 0 Å². The van der Waals surface area contributed by atoms with E-state index in [2.05, 4.69) is 31.9 Å². The van der Waals surface area contributed by atoms with E-state index in [0.717, 1.165) is 44.3 Å². The molecule has 0 aliphatic heterocycles. The third-order valence-electron chi connectivity index (χ3n) is 4.71. The summed E-state index contributed by atoms with van der Waals surface area (Å²) in [6.07, 6.45) is 5.43.